The number of nitrogens with one attached hydrogen (secondary N) is 1. The molecule has 1 unspecified atom stereocenters. The van der Waals surface area contributed by atoms with Crippen LogP contribution >= 0.6 is 11.6 Å². The number of fused-ring (bicyclic) bond motifs is 1. The Morgan fingerprint density at radius 2 is 1.76 bits per heavy atom. The number of halogens is 1. The molecule has 0 aliphatic carbocycles. The van der Waals surface area contributed by atoms with E-state index in [1.807, 2.05) is 6.07 Å². The molecule has 0 bridgehead atoms. The third-order valence-corrected chi connectivity index (χ3v) is 3.51. The molecule has 0 saturated heterocycles. The van der Waals surface area contributed by atoms with Crippen molar-refractivity contribution in [3.8, 4) is 0 Å². The number of aliphatic imine (C=N–C) groups is 1. The summed E-state index contributed by atoms with van der Waals surface area (Å²) in [6.07, 6.45) is 0. The number of anilines is 1. The quantitative estimate of drug-likeness (QED) is 0.396. The van der Waals surface area contributed by atoms with E-state index in [1.54, 1.807) is 42.5 Å². The fraction of sp³-hybridized carbons (Fsp3) is 0.0625. The number of carbonyl (C=O) groups excluding carboxylic acids is 2. The first-order valence-electron chi connectivity index (χ1n) is 6.51. The first-order valence-corrected chi connectivity index (χ1v) is 6.89. The summed E-state index contributed by atoms with van der Waals surface area (Å²) >= 11 is 6.02. The maximum Gasteiger partial charge on any atom is 1.00 e. The van der Waals surface area contributed by atoms with Gasteiger partial charge in [0.25, 0.3) is 5.91 Å². The molecule has 0 fully saturated rings. The molecule has 25 heavy (non-hydrogen) atoms. The maximum atomic E-state index is 12.0. The molecular weight excluding hydrogens is 398 g/mol. The van der Waals surface area contributed by atoms with Gasteiger partial charge in [-0.25, -0.2) is 0 Å². The molecule has 0 radical (unpaired) electrons. The average Bonchev–Trinajstić information content (AvgIpc) is 2.64. The van der Waals surface area contributed by atoms with Gasteiger partial charge in [-0.1, -0.05) is 41.9 Å². The summed E-state index contributed by atoms with van der Waals surface area (Å²) in [7, 11) is 0. The van der Waals surface area contributed by atoms with Crippen LogP contribution < -0.4 is 113 Å². The molecule has 6 nitrogen and oxygen atoms in total. The first kappa shape index (κ1) is 25.6. The topological polar surface area (TPSA) is 112 Å². The molecule has 1 amide bonds. The zero-order chi connectivity index (χ0) is 15.7. The van der Waals surface area contributed by atoms with Crippen molar-refractivity contribution >= 4 is 34.9 Å². The summed E-state index contributed by atoms with van der Waals surface area (Å²) < 4.78 is 0. The van der Waals surface area contributed by atoms with Crippen LogP contribution in [0.3, 0.4) is 0 Å². The third-order valence-electron chi connectivity index (χ3n) is 3.27. The number of carboxylic acids is 1. The van der Waals surface area contributed by atoms with Gasteiger partial charge >= 0.3 is 103 Å². The van der Waals surface area contributed by atoms with Crippen molar-refractivity contribution in [3.05, 3.63) is 64.7 Å². The van der Waals surface area contributed by atoms with Gasteiger partial charge in [0.2, 0.25) is 0 Å². The number of hydrogen-bond acceptors (Lipinski definition) is 5. The van der Waals surface area contributed by atoms with E-state index < -0.39 is 17.9 Å². The van der Waals surface area contributed by atoms with E-state index in [1.165, 1.54) is 0 Å². The molecule has 3 rings (SSSR count). The first-order chi connectivity index (χ1) is 10.6. The Hall–Kier alpha value is 0.573. The van der Waals surface area contributed by atoms with Crippen LogP contribution in [0.5, 0.6) is 0 Å². The number of carboxylic acid groups (broad SMARTS) is 1. The molecule has 0 aromatic heterocycles. The van der Waals surface area contributed by atoms with Gasteiger partial charge in [0.1, 0.15) is 0 Å². The van der Waals surface area contributed by atoms with E-state index in [2.05, 4.69) is 10.3 Å². The number of hydrogen-bond donors (Lipinski definition) is 1. The molecule has 1 atom stereocenters. The number of amides is 1. The standard InChI is InChI=1S/C16H11ClN2O3.2K.H2O/c17-10-6-7-12-11(8-10)13(9-4-2-1-3-5-9)19-14(16(21)22)15(20)18-12;;;/h1-8,14H,(H,18,20)(H,21,22);;;1H2/q;2*+1;/p-2. The second-order valence-corrected chi connectivity index (χ2v) is 5.18. The Morgan fingerprint density at radius 1 is 1.12 bits per heavy atom. The average molecular weight is 409 g/mol. The molecule has 9 heteroatoms. The Labute approximate surface area is 234 Å². The van der Waals surface area contributed by atoms with Gasteiger partial charge in [0.05, 0.1) is 17.4 Å². The molecular formula is C16H11ClK2N2O4. The molecule has 1 aliphatic rings. The van der Waals surface area contributed by atoms with Crippen molar-refractivity contribution < 1.29 is 123 Å². The third kappa shape index (κ3) is 6.03. The van der Waals surface area contributed by atoms with E-state index >= 15 is 0 Å². The fourth-order valence-electron chi connectivity index (χ4n) is 2.27. The van der Waals surface area contributed by atoms with Crippen molar-refractivity contribution in [2.24, 2.45) is 4.99 Å². The van der Waals surface area contributed by atoms with Crippen LogP contribution in [0.1, 0.15) is 11.1 Å². The molecule has 2 aromatic carbocycles. The molecule has 0 saturated carbocycles. The Balaban J connectivity index is 0.00000192. The largest absolute Gasteiger partial charge is 1.00 e. The molecule has 0 spiro atoms. The van der Waals surface area contributed by atoms with Gasteiger partial charge < -0.3 is 20.7 Å². The van der Waals surface area contributed by atoms with E-state index in [9.17, 15) is 14.7 Å². The van der Waals surface area contributed by atoms with E-state index in [0.29, 0.717) is 27.5 Å². The van der Waals surface area contributed by atoms with E-state index in [4.69, 9.17) is 11.6 Å². The number of benzene rings is 2. The Kier molecular flexibility index (Phi) is 11.7. The summed E-state index contributed by atoms with van der Waals surface area (Å²) in [4.78, 5) is 27.3. The van der Waals surface area contributed by atoms with E-state index in [-0.39, 0.29) is 108 Å². The van der Waals surface area contributed by atoms with Crippen LogP contribution in [-0.4, -0.2) is 29.1 Å². The fourth-order valence-corrected chi connectivity index (χ4v) is 2.44. The van der Waals surface area contributed by atoms with Gasteiger partial charge in [-0.2, -0.15) is 0 Å². The number of aliphatic carboxylic acids is 1. The second-order valence-electron chi connectivity index (χ2n) is 4.74. The molecule has 2 N–H and O–H groups in total. The van der Waals surface area contributed by atoms with Crippen LogP contribution in [0, 0.1) is 0 Å². The number of benzodiazepines with no additional fused rings is 1. The number of rotatable bonds is 2. The van der Waals surface area contributed by atoms with Crippen molar-refractivity contribution in [2.75, 3.05) is 5.32 Å². The van der Waals surface area contributed by atoms with Crippen molar-refractivity contribution in [1.82, 2.24) is 0 Å². The number of nitrogens with zero attached hydrogens (tertiary/aromatic N) is 1. The van der Waals surface area contributed by atoms with Gasteiger partial charge in [-0.3, -0.25) is 9.79 Å². The zero-order valence-corrected chi connectivity index (χ0v) is 20.7. The molecule has 1 heterocycles. The molecule has 1 aliphatic heterocycles. The summed E-state index contributed by atoms with van der Waals surface area (Å²) in [6.45, 7) is 0. The summed E-state index contributed by atoms with van der Waals surface area (Å²) in [5.74, 6) is -2.29. The van der Waals surface area contributed by atoms with Crippen LogP contribution in [-0.2, 0) is 9.59 Å². The Bertz CT molecular complexity index is 800. The predicted molar refractivity (Wildman–Crippen MR) is 82.9 cm³/mol. The minimum absolute atomic E-state index is 0. The van der Waals surface area contributed by atoms with E-state index in [0.717, 1.165) is 0 Å². The van der Waals surface area contributed by atoms with Crippen LogP contribution in [0.15, 0.2) is 53.5 Å². The van der Waals surface area contributed by atoms with Crippen LogP contribution in [0.4, 0.5) is 5.69 Å². The summed E-state index contributed by atoms with van der Waals surface area (Å²) in [5, 5.41) is 14.2. The SMILES string of the molecule is O=C([O-])C1N=C(c2ccccc2)c2cc(Cl)ccc2NC1=O.[K+].[K+].[OH-]. The monoisotopic (exact) mass is 408 g/mol. The minimum atomic E-state index is -1.61. The maximum absolute atomic E-state index is 12.0. The summed E-state index contributed by atoms with van der Waals surface area (Å²) in [6, 6.07) is 12.3. The molecule has 2 aromatic rings. The van der Waals surface area contributed by atoms with Gasteiger partial charge in [-0.15, -0.1) is 0 Å². The normalized spacial score (nSPS) is 15.0. The van der Waals surface area contributed by atoms with Gasteiger partial charge in [-0.05, 0) is 18.2 Å². The Morgan fingerprint density at radius 3 is 2.36 bits per heavy atom. The summed E-state index contributed by atoms with van der Waals surface area (Å²) in [5.41, 5.74) is 2.09. The zero-order valence-electron chi connectivity index (χ0n) is 13.7. The van der Waals surface area contributed by atoms with Crippen LogP contribution in [0.2, 0.25) is 5.02 Å². The minimum Gasteiger partial charge on any atom is -0.870 e. The van der Waals surface area contributed by atoms with Crippen LogP contribution in [0.25, 0.3) is 0 Å². The van der Waals surface area contributed by atoms with Gasteiger partial charge in [0.15, 0.2) is 6.04 Å². The number of carbonyl (C=O) groups is 2. The van der Waals surface area contributed by atoms with Gasteiger partial charge in [0, 0.05) is 16.1 Å². The predicted octanol–water partition coefficient (Wildman–Crippen LogP) is -4.92. The van der Waals surface area contributed by atoms with Crippen molar-refractivity contribution in [2.45, 2.75) is 6.04 Å². The van der Waals surface area contributed by atoms with Crippen molar-refractivity contribution in [3.63, 3.8) is 0 Å². The molecule has 118 valence electrons. The smallest absolute Gasteiger partial charge is 0.870 e. The van der Waals surface area contributed by atoms with Crippen molar-refractivity contribution in [1.29, 1.82) is 0 Å². The second kappa shape index (κ2) is 11.4.